The van der Waals surface area contributed by atoms with Gasteiger partial charge in [0.25, 0.3) is 0 Å². The highest BCUT2D eigenvalue weighted by Gasteiger charge is 2.34. The van der Waals surface area contributed by atoms with E-state index in [1.165, 1.54) is 6.07 Å². The Hall–Kier alpha value is -4.24. The summed E-state index contributed by atoms with van der Waals surface area (Å²) in [5.74, 6) is 1.39. The average Bonchev–Trinajstić information content (AvgIpc) is 3.02. The number of carbonyl (C=O) groups is 1. The molecule has 0 unspecified atom stereocenters. The summed E-state index contributed by atoms with van der Waals surface area (Å²) in [5, 5.41) is 8.26. The fourth-order valence-electron chi connectivity index (χ4n) is 6.54. The number of carbonyl (C=O) groups excluding carboxylic acids is 1. The Balaban J connectivity index is 1.38. The fraction of sp³-hybridized carbons (Fsp3) is 0.333. The van der Waals surface area contributed by atoms with Crippen molar-refractivity contribution in [3.8, 4) is 0 Å². The number of benzene rings is 3. The standard InChI is InChI=1S/C33H34ClN7O3S/c1-22(42)41-18-17-40(20-25(41)19-36-2)33-26-15-16-39(29-11-6-9-24-8-5-10-27(34)32(24)29)21-28(26)37-31(38-33)14-13-23-7-3-4-12-30(23)45(35,43)44/h3-12,25H,13-21H2,1H3,(H2,35,43,44)/t25-/m0/s1. The molecule has 3 aromatic carbocycles. The number of fused-ring (bicyclic) bond motifs is 2. The molecule has 1 atom stereocenters. The number of rotatable bonds is 7. The third-order valence-electron chi connectivity index (χ3n) is 8.65. The van der Waals surface area contributed by atoms with E-state index in [1.54, 1.807) is 30.0 Å². The minimum atomic E-state index is -3.88. The van der Waals surface area contributed by atoms with E-state index in [0.29, 0.717) is 61.9 Å². The number of aryl methyl sites for hydroxylation is 2. The number of primary sulfonamides is 1. The van der Waals surface area contributed by atoms with Gasteiger partial charge in [0.05, 0.1) is 22.2 Å². The van der Waals surface area contributed by atoms with E-state index >= 15 is 0 Å². The van der Waals surface area contributed by atoms with Crippen molar-refractivity contribution >= 4 is 49.8 Å². The zero-order chi connectivity index (χ0) is 31.7. The van der Waals surface area contributed by atoms with E-state index in [-0.39, 0.29) is 23.4 Å². The van der Waals surface area contributed by atoms with Crippen LogP contribution in [0.25, 0.3) is 15.6 Å². The number of sulfonamides is 1. The van der Waals surface area contributed by atoms with Crippen molar-refractivity contribution in [1.29, 1.82) is 0 Å². The van der Waals surface area contributed by atoms with Gasteiger partial charge in [-0.25, -0.2) is 30.1 Å². The molecule has 2 aliphatic heterocycles. The van der Waals surface area contributed by atoms with Crippen LogP contribution in [0.1, 0.15) is 29.6 Å². The van der Waals surface area contributed by atoms with Crippen molar-refractivity contribution in [2.24, 2.45) is 5.14 Å². The summed E-state index contributed by atoms with van der Waals surface area (Å²) in [6.07, 6.45) is 1.51. The van der Waals surface area contributed by atoms with Gasteiger partial charge in [0.1, 0.15) is 17.7 Å². The highest BCUT2D eigenvalue weighted by Crippen LogP contribution is 2.37. The van der Waals surface area contributed by atoms with Gasteiger partial charge in [-0.1, -0.05) is 54.1 Å². The van der Waals surface area contributed by atoms with Gasteiger partial charge in [0.15, 0.2) is 0 Å². The van der Waals surface area contributed by atoms with Crippen LogP contribution in [-0.4, -0.2) is 68.0 Å². The number of amides is 1. The van der Waals surface area contributed by atoms with E-state index < -0.39 is 10.0 Å². The van der Waals surface area contributed by atoms with Gasteiger partial charge in [-0.3, -0.25) is 4.79 Å². The molecule has 12 heteroatoms. The molecule has 1 fully saturated rings. The van der Waals surface area contributed by atoms with Crippen molar-refractivity contribution in [2.75, 3.05) is 42.5 Å². The highest BCUT2D eigenvalue weighted by molar-refractivity contribution is 7.89. The van der Waals surface area contributed by atoms with Crippen molar-refractivity contribution in [1.82, 2.24) is 14.9 Å². The van der Waals surface area contributed by atoms with E-state index in [1.807, 2.05) is 18.2 Å². The summed E-state index contributed by atoms with van der Waals surface area (Å²) >= 11 is 6.69. The first-order valence-electron chi connectivity index (χ1n) is 14.9. The molecule has 0 radical (unpaired) electrons. The molecule has 4 aromatic rings. The maximum atomic E-state index is 12.3. The molecular formula is C33H34ClN7O3S. The Bertz CT molecular complexity index is 1920. The van der Waals surface area contributed by atoms with Gasteiger partial charge in [0, 0.05) is 56.2 Å². The Morgan fingerprint density at radius 2 is 1.80 bits per heavy atom. The minimum absolute atomic E-state index is 0.0355. The maximum Gasteiger partial charge on any atom is 0.238 e. The Morgan fingerprint density at radius 1 is 1.02 bits per heavy atom. The molecule has 3 heterocycles. The largest absolute Gasteiger partial charge is 0.365 e. The molecular weight excluding hydrogens is 610 g/mol. The second-order valence-electron chi connectivity index (χ2n) is 11.5. The van der Waals surface area contributed by atoms with Gasteiger partial charge in [-0.05, 0) is 42.0 Å². The van der Waals surface area contributed by atoms with Crippen molar-refractivity contribution in [3.05, 3.63) is 99.7 Å². The van der Waals surface area contributed by atoms with Crippen LogP contribution >= 0.6 is 11.6 Å². The lowest BCUT2D eigenvalue weighted by molar-refractivity contribution is -0.131. The Morgan fingerprint density at radius 3 is 2.56 bits per heavy atom. The number of piperazine rings is 1. The molecule has 0 saturated carbocycles. The normalized spacial score (nSPS) is 16.8. The van der Waals surface area contributed by atoms with Crippen LogP contribution in [0.2, 0.25) is 5.02 Å². The molecule has 0 aliphatic carbocycles. The molecule has 6 rings (SSSR count). The number of nitrogens with two attached hydrogens (primary N) is 1. The number of aromatic nitrogens is 2. The van der Waals surface area contributed by atoms with Crippen LogP contribution in [-0.2, 0) is 40.6 Å². The zero-order valence-electron chi connectivity index (χ0n) is 25.0. The predicted octanol–water partition coefficient (Wildman–Crippen LogP) is 4.23. The molecule has 0 bridgehead atoms. The van der Waals surface area contributed by atoms with Crippen LogP contribution in [0, 0.1) is 6.57 Å². The first-order valence-corrected chi connectivity index (χ1v) is 16.8. The smallest absolute Gasteiger partial charge is 0.238 e. The van der Waals surface area contributed by atoms with E-state index in [4.69, 9.17) is 33.3 Å². The van der Waals surface area contributed by atoms with E-state index in [9.17, 15) is 13.2 Å². The maximum absolute atomic E-state index is 12.3. The molecule has 2 aliphatic rings. The van der Waals surface area contributed by atoms with Crippen molar-refractivity contribution < 1.29 is 13.2 Å². The zero-order valence-corrected chi connectivity index (χ0v) is 26.6. The van der Waals surface area contributed by atoms with E-state index in [0.717, 1.165) is 40.1 Å². The molecule has 232 valence electrons. The summed E-state index contributed by atoms with van der Waals surface area (Å²) in [6.45, 7) is 12.1. The van der Waals surface area contributed by atoms with Crippen LogP contribution in [0.5, 0.6) is 0 Å². The number of hydrogen-bond donors (Lipinski definition) is 1. The number of anilines is 2. The number of nitrogens with zero attached hydrogens (tertiary/aromatic N) is 6. The van der Waals surface area contributed by atoms with E-state index in [2.05, 4.69) is 32.8 Å². The molecule has 0 spiro atoms. The minimum Gasteiger partial charge on any atom is -0.365 e. The average molecular weight is 644 g/mol. The molecule has 10 nitrogen and oxygen atoms in total. The summed E-state index contributed by atoms with van der Waals surface area (Å²) < 4.78 is 24.5. The molecule has 1 saturated heterocycles. The SMILES string of the molecule is [C-]#[N+]C[C@H]1CN(c2nc(CCc3ccccc3S(N)(=O)=O)nc3c2CCN(c2cccc4cccc(Cl)c24)C3)CCN1C(C)=O. The van der Waals surface area contributed by atoms with Crippen molar-refractivity contribution in [3.63, 3.8) is 0 Å². The quantitative estimate of drug-likeness (QED) is 0.300. The highest BCUT2D eigenvalue weighted by atomic mass is 35.5. The predicted molar refractivity (Wildman–Crippen MR) is 176 cm³/mol. The first kappa shape index (κ1) is 30.8. The monoisotopic (exact) mass is 643 g/mol. The lowest BCUT2D eigenvalue weighted by atomic mass is 10.0. The molecule has 2 N–H and O–H groups in total. The fourth-order valence-corrected chi connectivity index (χ4v) is 7.62. The van der Waals surface area contributed by atoms with Gasteiger partial charge in [-0.2, -0.15) is 0 Å². The van der Waals surface area contributed by atoms with Crippen LogP contribution in [0.3, 0.4) is 0 Å². The Labute approximate surface area is 268 Å². The third kappa shape index (κ3) is 6.31. The second-order valence-corrected chi connectivity index (χ2v) is 13.4. The topological polar surface area (TPSA) is 117 Å². The van der Waals surface area contributed by atoms with Crippen LogP contribution in [0.15, 0.2) is 65.6 Å². The second kappa shape index (κ2) is 12.6. The number of halogens is 1. The summed E-state index contributed by atoms with van der Waals surface area (Å²) in [5.41, 5.74) is 3.62. The van der Waals surface area contributed by atoms with Gasteiger partial charge < -0.3 is 19.5 Å². The summed E-state index contributed by atoms with van der Waals surface area (Å²) in [6, 6.07) is 18.6. The van der Waals surface area contributed by atoms with Gasteiger partial charge >= 0.3 is 0 Å². The third-order valence-corrected chi connectivity index (χ3v) is 9.97. The number of hydrogen-bond acceptors (Lipinski definition) is 7. The van der Waals surface area contributed by atoms with Crippen LogP contribution in [0.4, 0.5) is 11.5 Å². The van der Waals surface area contributed by atoms with Gasteiger partial charge in [-0.15, -0.1) is 0 Å². The first-order chi connectivity index (χ1) is 21.6. The van der Waals surface area contributed by atoms with Crippen LogP contribution < -0.4 is 14.9 Å². The lowest BCUT2D eigenvalue weighted by Crippen LogP contribution is -2.56. The summed E-state index contributed by atoms with van der Waals surface area (Å²) in [7, 11) is -3.88. The lowest BCUT2D eigenvalue weighted by Gasteiger charge is -2.41. The van der Waals surface area contributed by atoms with Crippen molar-refractivity contribution in [2.45, 2.75) is 43.7 Å². The molecule has 1 amide bonds. The Kier molecular flexibility index (Phi) is 8.64. The summed E-state index contributed by atoms with van der Waals surface area (Å²) in [4.78, 5) is 32.4. The molecule has 1 aromatic heterocycles. The molecule has 45 heavy (non-hydrogen) atoms. The van der Waals surface area contributed by atoms with Gasteiger partial charge in [0.2, 0.25) is 22.5 Å².